The summed E-state index contributed by atoms with van der Waals surface area (Å²) in [6.07, 6.45) is 3.66. The van der Waals surface area contributed by atoms with Gasteiger partial charge in [0, 0.05) is 62.4 Å². The van der Waals surface area contributed by atoms with Gasteiger partial charge in [-0.05, 0) is 52.1 Å². The fourth-order valence-electron chi connectivity index (χ4n) is 8.21. The highest BCUT2D eigenvalue weighted by Crippen LogP contribution is 2.34. The number of para-hydroxylation sites is 1. The first-order chi connectivity index (χ1) is 28.3. The maximum atomic E-state index is 14.7. The average Bonchev–Trinajstić information content (AvgIpc) is 3.59. The summed E-state index contributed by atoms with van der Waals surface area (Å²) < 4.78 is 2.10. The van der Waals surface area contributed by atoms with Crippen LogP contribution in [0.1, 0.15) is 32.6 Å². The number of aromatic hydroxyl groups is 1. The second-order valence-corrected chi connectivity index (χ2v) is 14.9. The molecule has 0 unspecified atom stereocenters. The van der Waals surface area contributed by atoms with E-state index in [9.17, 15) is 19.5 Å². The van der Waals surface area contributed by atoms with Gasteiger partial charge in [0.2, 0.25) is 11.8 Å². The number of phenols is 1. The standard InChI is InChI=1S/C47H47N7O4/c1-3-25-52-32-44(56)53-42(26-33-17-23-39(55)24-18-33)47(58)51(31-43(53)54(52)49-28-35-13-8-5-9-14-35)29-38-15-10-16-40-41(30-50(2)45(38)40)36-19-21-37(22-20-36)46(57)48-27-34-11-6-4-7-12-34/h3-24,30,42-43,49,55H,1,25-29,31-32H2,2H3,(H,48,57)/t42-,43-/m0/s1. The van der Waals surface area contributed by atoms with E-state index in [4.69, 9.17) is 0 Å². The Kier molecular flexibility index (Phi) is 11.2. The van der Waals surface area contributed by atoms with Gasteiger partial charge < -0.3 is 24.8 Å². The molecule has 0 bridgehead atoms. The minimum atomic E-state index is -0.769. The molecule has 2 aliphatic rings. The number of aromatic nitrogens is 1. The Labute approximate surface area is 338 Å². The van der Waals surface area contributed by atoms with E-state index in [2.05, 4.69) is 52.4 Å². The van der Waals surface area contributed by atoms with Gasteiger partial charge in [0.05, 0.1) is 18.6 Å². The third-order valence-electron chi connectivity index (χ3n) is 11.0. The zero-order valence-electron chi connectivity index (χ0n) is 32.5. The Bertz CT molecular complexity index is 2420. The van der Waals surface area contributed by atoms with Crippen LogP contribution < -0.4 is 10.7 Å². The number of hydrogen-bond donors (Lipinski definition) is 3. The predicted octanol–water partition coefficient (Wildman–Crippen LogP) is 6.01. The van der Waals surface area contributed by atoms with Crippen molar-refractivity contribution in [1.82, 2.24) is 35.2 Å². The molecule has 2 saturated heterocycles. The van der Waals surface area contributed by atoms with Gasteiger partial charge in [-0.2, -0.15) is 5.12 Å². The first-order valence-electron chi connectivity index (χ1n) is 19.6. The molecule has 11 heteroatoms. The molecule has 3 heterocycles. The molecule has 0 radical (unpaired) electrons. The molecule has 6 aromatic rings. The monoisotopic (exact) mass is 773 g/mol. The fraction of sp³-hybridized carbons (Fsp3) is 0.213. The number of fused-ring (bicyclic) bond motifs is 2. The highest BCUT2D eigenvalue weighted by Gasteiger charge is 2.50. The van der Waals surface area contributed by atoms with Crippen molar-refractivity contribution in [2.75, 3.05) is 19.6 Å². The lowest BCUT2D eigenvalue weighted by Gasteiger charge is -2.55. The minimum absolute atomic E-state index is 0.0917. The van der Waals surface area contributed by atoms with Gasteiger partial charge in [-0.1, -0.05) is 109 Å². The molecule has 0 aliphatic carbocycles. The zero-order valence-corrected chi connectivity index (χ0v) is 32.5. The lowest BCUT2D eigenvalue weighted by atomic mass is 9.98. The molecule has 0 spiro atoms. The molecule has 2 atom stereocenters. The zero-order chi connectivity index (χ0) is 40.2. The van der Waals surface area contributed by atoms with Crippen LogP contribution in [0, 0.1) is 0 Å². The summed E-state index contributed by atoms with van der Waals surface area (Å²) in [6.45, 7) is 6.07. The quantitative estimate of drug-likeness (QED) is 0.123. The molecule has 3 amide bonds. The van der Waals surface area contributed by atoms with Crippen LogP contribution in [0.3, 0.4) is 0 Å². The Hall–Kier alpha value is -6.53. The van der Waals surface area contributed by atoms with Gasteiger partial charge in [0.15, 0.2) is 0 Å². The number of phenolic OH excluding ortho intramolecular Hbond substituents is 1. The second kappa shape index (κ2) is 16.9. The topological polar surface area (TPSA) is 113 Å². The van der Waals surface area contributed by atoms with Crippen molar-refractivity contribution in [3.8, 4) is 16.9 Å². The van der Waals surface area contributed by atoms with E-state index in [1.54, 1.807) is 35.2 Å². The fourth-order valence-corrected chi connectivity index (χ4v) is 8.21. The molecular formula is C47H47N7O4. The van der Waals surface area contributed by atoms with E-state index in [1.807, 2.05) is 101 Å². The number of piperazine rings is 1. The summed E-state index contributed by atoms with van der Waals surface area (Å²) in [5, 5.41) is 18.0. The number of aryl methyl sites for hydroxylation is 1. The van der Waals surface area contributed by atoms with Gasteiger partial charge in [0.25, 0.3) is 5.91 Å². The summed E-state index contributed by atoms with van der Waals surface area (Å²) in [7, 11) is 2.01. The van der Waals surface area contributed by atoms with Crippen LogP contribution in [0.25, 0.3) is 22.0 Å². The molecule has 3 N–H and O–H groups in total. The van der Waals surface area contributed by atoms with E-state index < -0.39 is 12.2 Å². The van der Waals surface area contributed by atoms with E-state index in [0.717, 1.165) is 44.3 Å². The summed E-state index contributed by atoms with van der Waals surface area (Å²) >= 11 is 0. The Morgan fingerprint density at radius 3 is 2.21 bits per heavy atom. The van der Waals surface area contributed by atoms with E-state index >= 15 is 0 Å². The molecule has 2 fully saturated rings. The summed E-state index contributed by atoms with van der Waals surface area (Å²) in [5.41, 5.74) is 11.1. The van der Waals surface area contributed by atoms with Crippen LogP contribution in [-0.4, -0.2) is 79.2 Å². The van der Waals surface area contributed by atoms with Crippen LogP contribution in [0.2, 0.25) is 0 Å². The SMILES string of the molecule is C=CCN1CC(=O)N2[C@@H](Cc3ccc(O)cc3)C(=O)N(Cc3cccc4c(-c5ccc(C(=O)NCc6ccccc6)cc5)cn(C)c34)C[C@@H]2N1NCc1ccccc1. The summed E-state index contributed by atoms with van der Waals surface area (Å²) in [4.78, 5) is 45.4. The average molecular weight is 774 g/mol. The largest absolute Gasteiger partial charge is 0.508 e. The van der Waals surface area contributed by atoms with Crippen LogP contribution in [0.5, 0.6) is 5.75 Å². The predicted molar refractivity (Wildman–Crippen MR) is 225 cm³/mol. The van der Waals surface area contributed by atoms with E-state index in [-0.39, 0.29) is 36.6 Å². The molecule has 11 nitrogen and oxygen atoms in total. The highest BCUT2D eigenvalue weighted by molar-refractivity contribution is 5.99. The number of hydrazine groups is 2. The third kappa shape index (κ3) is 8.01. The van der Waals surface area contributed by atoms with Crippen LogP contribution in [-0.2, 0) is 42.7 Å². The first kappa shape index (κ1) is 38.3. The van der Waals surface area contributed by atoms with Crippen molar-refractivity contribution in [3.63, 3.8) is 0 Å². The van der Waals surface area contributed by atoms with Crippen molar-refractivity contribution < 1.29 is 19.5 Å². The number of carbonyl (C=O) groups excluding carboxylic acids is 3. The van der Waals surface area contributed by atoms with E-state index in [1.165, 1.54) is 0 Å². The van der Waals surface area contributed by atoms with Crippen LogP contribution in [0.15, 0.2) is 146 Å². The lowest BCUT2D eigenvalue weighted by Crippen LogP contribution is -2.77. The van der Waals surface area contributed by atoms with Gasteiger partial charge >= 0.3 is 0 Å². The summed E-state index contributed by atoms with van der Waals surface area (Å²) in [6, 6.07) is 39.8. The molecule has 5 aromatic carbocycles. The van der Waals surface area contributed by atoms with Crippen LogP contribution >= 0.6 is 0 Å². The maximum absolute atomic E-state index is 14.7. The molecular weight excluding hydrogens is 727 g/mol. The number of nitrogens with one attached hydrogen (secondary N) is 2. The molecule has 294 valence electrons. The van der Waals surface area contributed by atoms with Crippen molar-refractivity contribution in [2.24, 2.45) is 7.05 Å². The molecule has 1 aromatic heterocycles. The third-order valence-corrected chi connectivity index (χ3v) is 11.0. The number of rotatable bonds is 13. The molecule has 2 aliphatic heterocycles. The Morgan fingerprint density at radius 1 is 0.828 bits per heavy atom. The molecule has 58 heavy (non-hydrogen) atoms. The van der Waals surface area contributed by atoms with Crippen LogP contribution in [0.4, 0.5) is 0 Å². The number of nitrogens with zero attached hydrogens (tertiary/aromatic N) is 5. The number of hydrogen-bond acceptors (Lipinski definition) is 7. The number of benzene rings is 5. The number of carbonyl (C=O) groups is 3. The van der Waals surface area contributed by atoms with Crippen molar-refractivity contribution in [3.05, 3.63) is 174 Å². The lowest BCUT2D eigenvalue weighted by molar-refractivity contribution is -0.217. The van der Waals surface area contributed by atoms with Gasteiger partial charge in [-0.3, -0.25) is 14.4 Å². The highest BCUT2D eigenvalue weighted by atomic mass is 16.3. The normalized spacial score (nSPS) is 17.4. The van der Waals surface area contributed by atoms with Crippen molar-refractivity contribution >= 4 is 28.6 Å². The Morgan fingerprint density at radius 2 is 1.52 bits per heavy atom. The summed E-state index contributed by atoms with van der Waals surface area (Å²) in [5.74, 6) is -0.259. The van der Waals surface area contributed by atoms with Gasteiger partial charge in [-0.15, -0.1) is 6.58 Å². The van der Waals surface area contributed by atoms with Gasteiger partial charge in [-0.25, -0.2) is 10.4 Å². The molecule has 0 saturated carbocycles. The van der Waals surface area contributed by atoms with Gasteiger partial charge in [0.1, 0.15) is 18.0 Å². The van der Waals surface area contributed by atoms with Crippen molar-refractivity contribution in [1.29, 1.82) is 0 Å². The minimum Gasteiger partial charge on any atom is -0.508 e. The smallest absolute Gasteiger partial charge is 0.251 e. The maximum Gasteiger partial charge on any atom is 0.251 e. The van der Waals surface area contributed by atoms with Crippen molar-refractivity contribution in [2.45, 2.75) is 38.3 Å². The Balaban J connectivity index is 1.09. The first-order valence-corrected chi connectivity index (χ1v) is 19.6. The molecule has 8 rings (SSSR count). The number of amides is 3. The second-order valence-electron chi connectivity index (χ2n) is 14.9. The van der Waals surface area contributed by atoms with E-state index in [0.29, 0.717) is 38.2 Å².